The summed E-state index contributed by atoms with van der Waals surface area (Å²) in [6.07, 6.45) is 1.80. The van der Waals surface area contributed by atoms with Crippen LogP contribution < -0.4 is 11.1 Å². The van der Waals surface area contributed by atoms with E-state index in [1.165, 1.54) is 0 Å². The maximum atomic E-state index is 11.0. The average molecular weight is 217 g/mol. The fourth-order valence-electron chi connectivity index (χ4n) is 1.54. The fraction of sp³-hybridized carbons (Fsp3) is 0.0909. The number of benzene rings is 1. The lowest BCUT2D eigenvalue weighted by Gasteiger charge is -2.00. The number of amides is 2. The van der Waals surface area contributed by atoms with Crippen LogP contribution in [0.2, 0.25) is 0 Å². The minimum atomic E-state index is -0.972. The van der Waals surface area contributed by atoms with Crippen molar-refractivity contribution in [3.8, 4) is 0 Å². The Balaban J connectivity index is 2.16. The molecule has 0 aliphatic carbocycles. The number of aromatic nitrogens is 1. The van der Waals surface area contributed by atoms with Gasteiger partial charge >= 0.3 is 11.8 Å². The summed E-state index contributed by atoms with van der Waals surface area (Å²) in [5.74, 6) is -1.75. The van der Waals surface area contributed by atoms with Crippen LogP contribution in [0.15, 0.2) is 30.5 Å². The maximum Gasteiger partial charge on any atom is 0.309 e. The quantitative estimate of drug-likeness (QED) is 0.630. The lowest BCUT2D eigenvalue weighted by Crippen LogP contribution is -2.35. The molecule has 0 radical (unpaired) electrons. The van der Waals surface area contributed by atoms with Crippen molar-refractivity contribution in [2.75, 3.05) is 0 Å². The van der Waals surface area contributed by atoms with E-state index in [9.17, 15) is 9.59 Å². The van der Waals surface area contributed by atoms with E-state index in [0.717, 1.165) is 16.5 Å². The van der Waals surface area contributed by atoms with Crippen LogP contribution in [0.4, 0.5) is 0 Å². The van der Waals surface area contributed by atoms with Gasteiger partial charge in [0, 0.05) is 23.6 Å². The number of hydrogen-bond acceptors (Lipinski definition) is 2. The number of nitrogens with two attached hydrogens (primary N) is 1. The molecule has 0 saturated heterocycles. The molecule has 0 aliphatic heterocycles. The number of hydrogen-bond donors (Lipinski definition) is 3. The van der Waals surface area contributed by atoms with Gasteiger partial charge in [-0.3, -0.25) is 9.59 Å². The molecule has 16 heavy (non-hydrogen) atoms. The molecule has 1 heterocycles. The second kappa shape index (κ2) is 4.06. The number of carbonyl (C=O) groups excluding carboxylic acids is 2. The molecule has 5 heteroatoms. The van der Waals surface area contributed by atoms with Crippen molar-refractivity contribution in [1.29, 1.82) is 0 Å². The Morgan fingerprint density at radius 3 is 2.81 bits per heavy atom. The number of fused-ring (bicyclic) bond motifs is 1. The van der Waals surface area contributed by atoms with E-state index in [2.05, 4.69) is 10.3 Å². The lowest BCUT2D eigenvalue weighted by atomic mass is 10.2. The first-order valence-corrected chi connectivity index (χ1v) is 4.81. The predicted molar refractivity (Wildman–Crippen MR) is 59.3 cm³/mol. The van der Waals surface area contributed by atoms with Crippen molar-refractivity contribution < 1.29 is 9.59 Å². The number of primary amides is 1. The standard InChI is InChI=1S/C11H11N3O2/c12-10(15)11(16)14-6-7-5-13-9-4-2-1-3-8(7)9/h1-5,13H,6H2,(H2,12,15)(H,14,16). The zero-order chi connectivity index (χ0) is 11.5. The van der Waals surface area contributed by atoms with Gasteiger partial charge in [0.2, 0.25) is 0 Å². The summed E-state index contributed by atoms with van der Waals surface area (Å²) >= 11 is 0. The smallest absolute Gasteiger partial charge is 0.309 e. The Morgan fingerprint density at radius 1 is 1.31 bits per heavy atom. The molecule has 0 saturated carbocycles. The summed E-state index contributed by atoms with van der Waals surface area (Å²) in [7, 11) is 0. The molecule has 1 aromatic carbocycles. The van der Waals surface area contributed by atoms with Crippen molar-refractivity contribution in [2.24, 2.45) is 5.73 Å². The van der Waals surface area contributed by atoms with Gasteiger partial charge in [-0.1, -0.05) is 18.2 Å². The van der Waals surface area contributed by atoms with Crippen molar-refractivity contribution in [3.05, 3.63) is 36.0 Å². The van der Waals surface area contributed by atoms with Crippen LogP contribution in [0, 0.1) is 0 Å². The summed E-state index contributed by atoms with van der Waals surface area (Å²) in [6.45, 7) is 0.284. The third kappa shape index (κ3) is 1.88. The second-order valence-electron chi connectivity index (χ2n) is 3.41. The largest absolute Gasteiger partial charge is 0.361 e. The normalized spacial score (nSPS) is 10.2. The Kier molecular flexibility index (Phi) is 2.59. The van der Waals surface area contributed by atoms with Crippen LogP contribution in [0.25, 0.3) is 10.9 Å². The number of para-hydroxylation sites is 1. The van der Waals surface area contributed by atoms with Crippen molar-refractivity contribution >= 4 is 22.7 Å². The van der Waals surface area contributed by atoms with E-state index in [0.29, 0.717) is 0 Å². The summed E-state index contributed by atoms with van der Waals surface area (Å²) in [5.41, 5.74) is 6.74. The summed E-state index contributed by atoms with van der Waals surface area (Å²) in [6, 6.07) is 7.71. The molecule has 0 aliphatic rings. The van der Waals surface area contributed by atoms with Crippen molar-refractivity contribution in [3.63, 3.8) is 0 Å². The summed E-state index contributed by atoms with van der Waals surface area (Å²) in [5, 5.41) is 3.46. The lowest BCUT2D eigenvalue weighted by molar-refractivity contribution is -0.137. The third-order valence-electron chi connectivity index (χ3n) is 2.34. The highest BCUT2D eigenvalue weighted by Gasteiger charge is 2.09. The molecule has 0 bridgehead atoms. The molecule has 2 aromatic rings. The highest BCUT2D eigenvalue weighted by atomic mass is 16.2. The third-order valence-corrected chi connectivity index (χ3v) is 2.34. The summed E-state index contributed by atoms with van der Waals surface area (Å²) < 4.78 is 0. The molecular formula is C11H11N3O2. The van der Waals surface area contributed by atoms with Gasteiger partial charge in [-0.15, -0.1) is 0 Å². The van der Waals surface area contributed by atoms with E-state index in [1.54, 1.807) is 6.20 Å². The van der Waals surface area contributed by atoms with Gasteiger partial charge in [-0.05, 0) is 11.6 Å². The first-order valence-electron chi connectivity index (χ1n) is 4.81. The zero-order valence-electron chi connectivity index (χ0n) is 8.49. The van der Waals surface area contributed by atoms with Crippen molar-refractivity contribution in [1.82, 2.24) is 10.3 Å². The van der Waals surface area contributed by atoms with Crippen LogP contribution >= 0.6 is 0 Å². The molecule has 5 nitrogen and oxygen atoms in total. The first-order chi connectivity index (χ1) is 7.68. The Morgan fingerprint density at radius 2 is 2.06 bits per heavy atom. The van der Waals surface area contributed by atoms with Gasteiger partial charge < -0.3 is 16.0 Å². The molecule has 2 amide bonds. The Bertz CT molecular complexity index is 545. The van der Waals surface area contributed by atoms with E-state index < -0.39 is 11.8 Å². The monoisotopic (exact) mass is 217 g/mol. The molecule has 82 valence electrons. The number of aromatic amines is 1. The Labute approximate surface area is 91.6 Å². The molecule has 0 atom stereocenters. The highest BCUT2D eigenvalue weighted by molar-refractivity contribution is 6.34. The van der Waals surface area contributed by atoms with Gasteiger partial charge in [-0.25, -0.2) is 0 Å². The van der Waals surface area contributed by atoms with E-state index in [1.807, 2.05) is 24.3 Å². The molecular weight excluding hydrogens is 206 g/mol. The molecule has 0 unspecified atom stereocenters. The van der Waals surface area contributed by atoms with Crippen molar-refractivity contribution in [2.45, 2.75) is 6.54 Å². The number of carbonyl (C=O) groups is 2. The summed E-state index contributed by atoms with van der Waals surface area (Å²) in [4.78, 5) is 24.6. The Hall–Kier alpha value is -2.30. The molecule has 2 rings (SSSR count). The fourth-order valence-corrected chi connectivity index (χ4v) is 1.54. The molecule has 0 spiro atoms. The highest BCUT2D eigenvalue weighted by Crippen LogP contribution is 2.16. The second-order valence-corrected chi connectivity index (χ2v) is 3.41. The van der Waals surface area contributed by atoms with Crippen LogP contribution in [0.3, 0.4) is 0 Å². The van der Waals surface area contributed by atoms with Gasteiger partial charge in [0.05, 0.1) is 0 Å². The van der Waals surface area contributed by atoms with Gasteiger partial charge in [0.15, 0.2) is 0 Å². The van der Waals surface area contributed by atoms with Crippen LogP contribution in [0.5, 0.6) is 0 Å². The number of nitrogens with one attached hydrogen (secondary N) is 2. The first kappa shape index (κ1) is 10.2. The topological polar surface area (TPSA) is 88.0 Å². The molecule has 4 N–H and O–H groups in total. The predicted octanol–water partition coefficient (Wildman–Crippen LogP) is 0.269. The maximum absolute atomic E-state index is 11.0. The van der Waals surface area contributed by atoms with Crippen LogP contribution in [-0.4, -0.2) is 16.8 Å². The number of H-pyrrole nitrogens is 1. The minimum absolute atomic E-state index is 0.284. The average Bonchev–Trinajstić information content (AvgIpc) is 2.69. The van der Waals surface area contributed by atoms with Gasteiger partial charge in [-0.2, -0.15) is 0 Å². The van der Waals surface area contributed by atoms with Crippen LogP contribution in [0.1, 0.15) is 5.56 Å². The number of rotatable bonds is 2. The molecule has 1 aromatic heterocycles. The SMILES string of the molecule is NC(=O)C(=O)NCc1c[nH]c2ccccc12. The molecule has 0 fully saturated rings. The van der Waals surface area contributed by atoms with E-state index in [-0.39, 0.29) is 6.54 Å². The van der Waals surface area contributed by atoms with Gasteiger partial charge in [0.25, 0.3) is 0 Å². The minimum Gasteiger partial charge on any atom is -0.361 e. The van der Waals surface area contributed by atoms with E-state index in [4.69, 9.17) is 5.73 Å². The van der Waals surface area contributed by atoms with E-state index >= 15 is 0 Å². The van der Waals surface area contributed by atoms with Crippen LogP contribution in [-0.2, 0) is 16.1 Å². The van der Waals surface area contributed by atoms with Gasteiger partial charge in [0.1, 0.15) is 0 Å². The zero-order valence-corrected chi connectivity index (χ0v) is 8.49.